The first-order valence-electron chi connectivity index (χ1n) is 6.44. The minimum Gasteiger partial charge on any atom is -0.206 e. The zero-order chi connectivity index (χ0) is 12.3. The Labute approximate surface area is 102 Å². The molecule has 0 bridgehead atoms. The predicted octanol–water partition coefficient (Wildman–Crippen LogP) is 4.38. The van der Waals surface area contributed by atoms with E-state index in [1.54, 1.807) is 12.1 Å². The first-order chi connectivity index (χ1) is 8.24. The Hall–Kier alpha value is -1.36. The molecule has 2 rings (SSSR count). The largest absolute Gasteiger partial charge is 0.206 e. The molecule has 1 aromatic rings. The normalized spacial score (nSPS) is 24.3. The van der Waals surface area contributed by atoms with Gasteiger partial charge in [-0.1, -0.05) is 19.4 Å². The molecule has 0 N–H and O–H groups in total. The van der Waals surface area contributed by atoms with Crippen molar-refractivity contribution in [2.24, 2.45) is 5.92 Å². The standard InChI is InChI=1S/C15H18FN/c1-2-11-3-5-12(6-4-11)13-7-8-14(10-17)15(16)9-13/h7-9,11-12H,2-6H2,1H3/t11-,12-. The summed E-state index contributed by atoms with van der Waals surface area (Å²) >= 11 is 0. The summed E-state index contributed by atoms with van der Waals surface area (Å²) in [5.74, 6) is 0.970. The maximum Gasteiger partial charge on any atom is 0.141 e. The van der Waals surface area contributed by atoms with Gasteiger partial charge in [0.15, 0.2) is 0 Å². The highest BCUT2D eigenvalue weighted by Gasteiger charge is 2.21. The van der Waals surface area contributed by atoms with E-state index in [0.717, 1.165) is 24.3 Å². The molecule has 1 aliphatic rings. The lowest BCUT2D eigenvalue weighted by molar-refractivity contribution is 0.318. The van der Waals surface area contributed by atoms with Gasteiger partial charge in [-0.05, 0) is 55.2 Å². The van der Waals surface area contributed by atoms with Gasteiger partial charge in [-0.2, -0.15) is 5.26 Å². The third-order valence-electron chi connectivity index (χ3n) is 4.01. The van der Waals surface area contributed by atoms with Crippen LogP contribution in [-0.2, 0) is 0 Å². The molecule has 1 saturated carbocycles. The maximum atomic E-state index is 13.5. The lowest BCUT2D eigenvalue weighted by Gasteiger charge is -2.28. The molecule has 0 unspecified atom stereocenters. The van der Waals surface area contributed by atoms with Crippen LogP contribution >= 0.6 is 0 Å². The summed E-state index contributed by atoms with van der Waals surface area (Å²) in [6.45, 7) is 2.24. The molecule has 0 aromatic heterocycles. The Morgan fingerprint density at radius 3 is 2.53 bits per heavy atom. The van der Waals surface area contributed by atoms with Gasteiger partial charge in [0.25, 0.3) is 0 Å². The minimum atomic E-state index is -0.373. The Morgan fingerprint density at radius 2 is 2.00 bits per heavy atom. The van der Waals surface area contributed by atoms with Crippen molar-refractivity contribution in [2.45, 2.75) is 44.9 Å². The summed E-state index contributed by atoms with van der Waals surface area (Å²) < 4.78 is 13.5. The minimum absolute atomic E-state index is 0.149. The fourth-order valence-corrected chi connectivity index (χ4v) is 2.78. The average molecular weight is 231 g/mol. The summed E-state index contributed by atoms with van der Waals surface area (Å²) in [5.41, 5.74) is 1.21. The Morgan fingerprint density at radius 1 is 1.29 bits per heavy atom. The molecule has 0 spiro atoms. The van der Waals surface area contributed by atoms with Crippen molar-refractivity contribution in [3.05, 3.63) is 35.1 Å². The second kappa shape index (κ2) is 5.31. The molecule has 2 heteroatoms. The molecule has 90 valence electrons. The summed E-state index contributed by atoms with van der Waals surface area (Å²) in [7, 11) is 0. The molecule has 0 amide bonds. The smallest absolute Gasteiger partial charge is 0.141 e. The zero-order valence-corrected chi connectivity index (χ0v) is 10.2. The van der Waals surface area contributed by atoms with E-state index in [2.05, 4.69) is 6.92 Å². The van der Waals surface area contributed by atoms with Gasteiger partial charge in [-0.3, -0.25) is 0 Å². The van der Waals surface area contributed by atoms with Crippen LogP contribution in [0.25, 0.3) is 0 Å². The van der Waals surface area contributed by atoms with E-state index in [0.29, 0.717) is 5.92 Å². The maximum absolute atomic E-state index is 13.5. The van der Waals surface area contributed by atoms with Crippen molar-refractivity contribution in [3.8, 4) is 6.07 Å². The summed E-state index contributed by atoms with van der Waals surface area (Å²) in [6, 6.07) is 6.94. The number of halogens is 1. The van der Waals surface area contributed by atoms with E-state index in [1.807, 2.05) is 12.1 Å². The molecule has 1 aliphatic carbocycles. The van der Waals surface area contributed by atoms with Crippen molar-refractivity contribution in [1.29, 1.82) is 5.26 Å². The highest BCUT2D eigenvalue weighted by atomic mass is 19.1. The topological polar surface area (TPSA) is 23.8 Å². The zero-order valence-electron chi connectivity index (χ0n) is 10.2. The summed E-state index contributed by atoms with van der Waals surface area (Å²) in [6.07, 6.45) is 6.08. The molecule has 0 radical (unpaired) electrons. The predicted molar refractivity (Wildman–Crippen MR) is 66.1 cm³/mol. The van der Waals surface area contributed by atoms with E-state index >= 15 is 0 Å². The Balaban J connectivity index is 2.09. The fourth-order valence-electron chi connectivity index (χ4n) is 2.78. The molecular weight excluding hydrogens is 213 g/mol. The van der Waals surface area contributed by atoms with Crippen LogP contribution in [0.3, 0.4) is 0 Å². The Kier molecular flexibility index (Phi) is 3.78. The third kappa shape index (κ3) is 2.66. The molecule has 1 aromatic carbocycles. The first kappa shape index (κ1) is 12.1. The van der Waals surface area contributed by atoms with Gasteiger partial charge in [0.05, 0.1) is 5.56 Å². The van der Waals surface area contributed by atoms with Crippen LogP contribution in [0.2, 0.25) is 0 Å². The van der Waals surface area contributed by atoms with E-state index in [4.69, 9.17) is 5.26 Å². The van der Waals surface area contributed by atoms with Gasteiger partial charge in [-0.15, -0.1) is 0 Å². The van der Waals surface area contributed by atoms with Crippen molar-refractivity contribution in [1.82, 2.24) is 0 Å². The van der Waals surface area contributed by atoms with Gasteiger partial charge >= 0.3 is 0 Å². The van der Waals surface area contributed by atoms with Crippen molar-refractivity contribution < 1.29 is 4.39 Å². The molecule has 0 saturated heterocycles. The second-order valence-electron chi connectivity index (χ2n) is 4.98. The lowest BCUT2D eigenvalue weighted by Crippen LogP contribution is -2.12. The van der Waals surface area contributed by atoms with Crippen LogP contribution in [-0.4, -0.2) is 0 Å². The number of hydrogen-bond acceptors (Lipinski definition) is 1. The van der Waals surface area contributed by atoms with Crippen LogP contribution in [0.5, 0.6) is 0 Å². The summed E-state index contributed by atoms with van der Waals surface area (Å²) in [5, 5.41) is 8.70. The van der Waals surface area contributed by atoms with Crippen molar-refractivity contribution >= 4 is 0 Å². The van der Waals surface area contributed by atoms with Crippen LogP contribution in [0.1, 0.15) is 56.1 Å². The highest BCUT2D eigenvalue weighted by Crippen LogP contribution is 2.37. The number of benzene rings is 1. The lowest BCUT2D eigenvalue weighted by atomic mass is 9.78. The van der Waals surface area contributed by atoms with Gasteiger partial charge in [0, 0.05) is 0 Å². The molecule has 1 fully saturated rings. The SMILES string of the molecule is CC[C@H]1CC[C@H](c2ccc(C#N)c(F)c2)CC1. The van der Waals surface area contributed by atoms with Crippen LogP contribution in [0.15, 0.2) is 18.2 Å². The molecule has 17 heavy (non-hydrogen) atoms. The van der Waals surface area contributed by atoms with E-state index in [9.17, 15) is 4.39 Å². The first-order valence-corrected chi connectivity index (χ1v) is 6.44. The van der Waals surface area contributed by atoms with E-state index in [-0.39, 0.29) is 11.4 Å². The van der Waals surface area contributed by atoms with Crippen LogP contribution in [0, 0.1) is 23.1 Å². The number of rotatable bonds is 2. The monoisotopic (exact) mass is 231 g/mol. The quantitative estimate of drug-likeness (QED) is 0.741. The van der Waals surface area contributed by atoms with Crippen LogP contribution < -0.4 is 0 Å². The van der Waals surface area contributed by atoms with Crippen molar-refractivity contribution in [3.63, 3.8) is 0 Å². The van der Waals surface area contributed by atoms with Crippen LogP contribution in [0.4, 0.5) is 4.39 Å². The second-order valence-corrected chi connectivity index (χ2v) is 4.98. The number of nitriles is 1. The molecule has 0 aliphatic heterocycles. The molecular formula is C15H18FN. The van der Waals surface area contributed by atoms with Gasteiger partial charge < -0.3 is 0 Å². The third-order valence-corrected chi connectivity index (χ3v) is 4.01. The number of hydrogen-bond donors (Lipinski definition) is 0. The molecule has 0 atom stereocenters. The number of nitrogens with zero attached hydrogens (tertiary/aromatic N) is 1. The van der Waals surface area contributed by atoms with Gasteiger partial charge in [-0.25, -0.2) is 4.39 Å². The van der Waals surface area contributed by atoms with Gasteiger partial charge in [0.2, 0.25) is 0 Å². The van der Waals surface area contributed by atoms with Crippen molar-refractivity contribution in [2.75, 3.05) is 0 Å². The average Bonchev–Trinajstić information content (AvgIpc) is 2.39. The van der Waals surface area contributed by atoms with E-state index in [1.165, 1.54) is 19.3 Å². The fraction of sp³-hybridized carbons (Fsp3) is 0.533. The molecule has 0 heterocycles. The van der Waals surface area contributed by atoms with Gasteiger partial charge in [0.1, 0.15) is 11.9 Å². The molecule has 1 nitrogen and oxygen atoms in total. The summed E-state index contributed by atoms with van der Waals surface area (Å²) in [4.78, 5) is 0. The Bertz CT molecular complexity index is 425. The highest BCUT2D eigenvalue weighted by molar-refractivity contribution is 5.34. The van der Waals surface area contributed by atoms with E-state index < -0.39 is 0 Å².